The largest absolute Gasteiger partial charge is 0.303 e. The molecular formula is C6H10O2. The zero-order valence-electron chi connectivity index (χ0n) is 5.13. The van der Waals surface area contributed by atoms with Crippen LogP contribution in [0.2, 0.25) is 0 Å². The molecule has 0 aliphatic heterocycles. The molecule has 0 radical (unpaired) electrons. The lowest BCUT2D eigenvalue weighted by Crippen LogP contribution is -2.09. The van der Waals surface area contributed by atoms with Crippen molar-refractivity contribution in [1.29, 1.82) is 0 Å². The van der Waals surface area contributed by atoms with E-state index in [0.29, 0.717) is 0 Å². The Balaban J connectivity index is 3.60. The van der Waals surface area contributed by atoms with Gasteiger partial charge < -0.3 is 9.59 Å². The van der Waals surface area contributed by atoms with Gasteiger partial charge in [-0.2, -0.15) is 0 Å². The molecule has 0 amide bonds. The molecule has 2 nitrogen and oxygen atoms in total. The van der Waals surface area contributed by atoms with Crippen LogP contribution in [-0.2, 0) is 9.59 Å². The molecule has 0 aromatic rings. The molecule has 0 aliphatic carbocycles. The summed E-state index contributed by atoms with van der Waals surface area (Å²) in [5, 5.41) is 0. The van der Waals surface area contributed by atoms with Gasteiger partial charge in [0.1, 0.15) is 12.6 Å². The molecule has 0 unspecified atom stereocenters. The maximum Gasteiger partial charge on any atom is 0.123 e. The minimum Gasteiger partial charge on any atom is -0.303 e. The summed E-state index contributed by atoms with van der Waals surface area (Å²) < 4.78 is 0. The highest BCUT2D eigenvalue weighted by molar-refractivity contribution is 5.63. The Morgan fingerprint density at radius 1 is 1.00 bits per heavy atom. The van der Waals surface area contributed by atoms with Gasteiger partial charge in [-0.15, -0.1) is 0 Å². The fourth-order valence-electron chi connectivity index (χ4n) is 0.248. The molecule has 0 bridgehead atoms. The van der Waals surface area contributed by atoms with Gasteiger partial charge in [0.15, 0.2) is 0 Å². The predicted octanol–water partition coefficient (Wildman–Crippen LogP) is 0.656. The Labute approximate surface area is 48.9 Å². The fraction of sp³-hybridized carbons (Fsp3) is 0.667. The lowest BCUT2D eigenvalue weighted by Gasteiger charge is -2.02. The average molecular weight is 114 g/mol. The van der Waals surface area contributed by atoms with E-state index in [1.54, 1.807) is 13.8 Å². The smallest absolute Gasteiger partial charge is 0.123 e. The van der Waals surface area contributed by atoms with Crippen LogP contribution in [-0.4, -0.2) is 12.6 Å². The van der Waals surface area contributed by atoms with E-state index in [-0.39, 0.29) is 11.8 Å². The Kier molecular flexibility index (Phi) is 3.08. The van der Waals surface area contributed by atoms with Gasteiger partial charge >= 0.3 is 0 Å². The van der Waals surface area contributed by atoms with E-state index in [9.17, 15) is 9.59 Å². The van der Waals surface area contributed by atoms with Crippen LogP contribution in [0.15, 0.2) is 0 Å². The summed E-state index contributed by atoms with van der Waals surface area (Å²) in [6.45, 7) is 3.46. The SMILES string of the molecule is C[C@@H](C=O)[C@@H](C)C=O. The molecule has 0 aliphatic rings. The monoisotopic (exact) mass is 114 g/mol. The number of carbonyl (C=O) groups is 2. The van der Waals surface area contributed by atoms with Crippen LogP contribution in [0.1, 0.15) is 13.8 Å². The highest BCUT2D eigenvalue weighted by Gasteiger charge is 2.07. The summed E-state index contributed by atoms with van der Waals surface area (Å²) in [6.07, 6.45) is 1.58. The average Bonchev–Trinajstić information content (AvgIpc) is 1.84. The van der Waals surface area contributed by atoms with Crippen molar-refractivity contribution in [1.82, 2.24) is 0 Å². The van der Waals surface area contributed by atoms with Crippen LogP contribution in [0.4, 0.5) is 0 Å². The first-order valence-electron chi connectivity index (χ1n) is 2.63. The van der Waals surface area contributed by atoms with Gasteiger partial charge in [-0.25, -0.2) is 0 Å². The normalized spacial score (nSPS) is 16.8. The van der Waals surface area contributed by atoms with Gasteiger partial charge in [0, 0.05) is 11.8 Å². The highest BCUT2D eigenvalue weighted by Crippen LogP contribution is 2.02. The Hall–Kier alpha value is -0.660. The third kappa shape index (κ3) is 1.87. The van der Waals surface area contributed by atoms with E-state index in [0.717, 1.165) is 12.6 Å². The second-order valence-corrected chi connectivity index (χ2v) is 1.99. The molecule has 2 heteroatoms. The van der Waals surface area contributed by atoms with Crippen LogP contribution in [0.5, 0.6) is 0 Å². The summed E-state index contributed by atoms with van der Waals surface area (Å²) in [6, 6.07) is 0. The van der Waals surface area contributed by atoms with Crippen molar-refractivity contribution in [3.05, 3.63) is 0 Å². The molecule has 0 aromatic heterocycles. The van der Waals surface area contributed by atoms with Crippen LogP contribution in [0, 0.1) is 11.8 Å². The lowest BCUT2D eigenvalue weighted by molar-refractivity contribution is -0.118. The van der Waals surface area contributed by atoms with Gasteiger partial charge in [0.2, 0.25) is 0 Å². The third-order valence-corrected chi connectivity index (χ3v) is 1.26. The Bertz CT molecular complexity index is 76.5. The van der Waals surface area contributed by atoms with Gasteiger partial charge in [-0.05, 0) is 0 Å². The summed E-state index contributed by atoms with van der Waals surface area (Å²) in [4.78, 5) is 19.9. The van der Waals surface area contributed by atoms with Gasteiger partial charge in [-0.3, -0.25) is 0 Å². The van der Waals surface area contributed by atoms with Gasteiger partial charge in [-0.1, -0.05) is 13.8 Å². The summed E-state index contributed by atoms with van der Waals surface area (Å²) in [5.41, 5.74) is 0. The maximum absolute atomic E-state index is 9.95. The number of hydrogen-bond donors (Lipinski definition) is 0. The first kappa shape index (κ1) is 7.34. The van der Waals surface area contributed by atoms with Crippen LogP contribution in [0.25, 0.3) is 0 Å². The van der Waals surface area contributed by atoms with E-state index in [1.165, 1.54) is 0 Å². The molecule has 0 saturated carbocycles. The van der Waals surface area contributed by atoms with Crippen molar-refractivity contribution in [2.45, 2.75) is 13.8 Å². The molecule has 0 heterocycles. The Morgan fingerprint density at radius 3 is 1.38 bits per heavy atom. The summed E-state index contributed by atoms with van der Waals surface area (Å²) in [7, 11) is 0. The number of rotatable bonds is 3. The molecule has 0 spiro atoms. The van der Waals surface area contributed by atoms with E-state index in [2.05, 4.69) is 0 Å². The molecule has 0 aromatic carbocycles. The van der Waals surface area contributed by atoms with Crippen molar-refractivity contribution in [3.63, 3.8) is 0 Å². The molecule has 0 rings (SSSR count). The third-order valence-electron chi connectivity index (χ3n) is 1.26. The van der Waals surface area contributed by atoms with E-state index in [1.807, 2.05) is 0 Å². The van der Waals surface area contributed by atoms with Gasteiger partial charge in [0.05, 0.1) is 0 Å². The molecule has 2 atom stereocenters. The molecular weight excluding hydrogens is 104 g/mol. The minimum absolute atomic E-state index is 0.132. The van der Waals surface area contributed by atoms with E-state index in [4.69, 9.17) is 0 Å². The maximum atomic E-state index is 9.95. The Morgan fingerprint density at radius 2 is 1.25 bits per heavy atom. The number of carbonyl (C=O) groups excluding carboxylic acids is 2. The van der Waals surface area contributed by atoms with Crippen LogP contribution in [0.3, 0.4) is 0 Å². The second-order valence-electron chi connectivity index (χ2n) is 1.99. The van der Waals surface area contributed by atoms with Crippen molar-refractivity contribution >= 4 is 12.6 Å². The predicted molar refractivity (Wildman–Crippen MR) is 30.5 cm³/mol. The molecule has 0 fully saturated rings. The summed E-state index contributed by atoms with van der Waals surface area (Å²) >= 11 is 0. The van der Waals surface area contributed by atoms with Crippen molar-refractivity contribution in [3.8, 4) is 0 Å². The first-order valence-corrected chi connectivity index (χ1v) is 2.63. The highest BCUT2D eigenvalue weighted by atomic mass is 16.1. The zero-order chi connectivity index (χ0) is 6.57. The lowest BCUT2D eigenvalue weighted by atomic mass is 10.00. The molecule has 0 saturated heterocycles. The second kappa shape index (κ2) is 3.36. The topological polar surface area (TPSA) is 34.1 Å². The molecule has 8 heavy (non-hydrogen) atoms. The standard InChI is InChI=1S/C6H10O2/c1-5(3-7)6(2)4-8/h3-6H,1-2H3/t5-,6-/m0/s1. The van der Waals surface area contributed by atoms with E-state index >= 15 is 0 Å². The van der Waals surface area contributed by atoms with Crippen molar-refractivity contribution in [2.75, 3.05) is 0 Å². The quantitative estimate of drug-likeness (QED) is 0.505. The molecule has 46 valence electrons. The zero-order valence-corrected chi connectivity index (χ0v) is 5.13. The van der Waals surface area contributed by atoms with Crippen LogP contribution < -0.4 is 0 Å². The number of aldehydes is 2. The minimum atomic E-state index is -0.132. The first-order chi connectivity index (χ1) is 3.72. The fourth-order valence-corrected chi connectivity index (χ4v) is 0.248. The summed E-state index contributed by atoms with van der Waals surface area (Å²) in [5.74, 6) is -0.264. The van der Waals surface area contributed by atoms with Crippen molar-refractivity contribution < 1.29 is 9.59 Å². The van der Waals surface area contributed by atoms with Crippen molar-refractivity contribution in [2.24, 2.45) is 11.8 Å². The molecule has 0 N–H and O–H groups in total. The van der Waals surface area contributed by atoms with E-state index < -0.39 is 0 Å². The van der Waals surface area contributed by atoms with Crippen LogP contribution >= 0.6 is 0 Å². The number of hydrogen-bond acceptors (Lipinski definition) is 2. The van der Waals surface area contributed by atoms with Gasteiger partial charge in [0.25, 0.3) is 0 Å².